The smallest absolute Gasteiger partial charge is 0.255 e. The second kappa shape index (κ2) is 6.70. The summed E-state index contributed by atoms with van der Waals surface area (Å²) in [6, 6.07) is 11.0. The Morgan fingerprint density at radius 2 is 1.70 bits per heavy atom. The summed E-state index contributed by atoms with van der Waals surface area (Å²) < 4.78 is 25.1. The van der Waals surface area contributed by atoms with Crippen LogP contribution in [0.2, 0.25) is 5.02 Å². The molecule has 0 atom stereocenters. The molecule has 0 unspecified atom stereocenters. The summed E-state index contributed by atoms with van der Waals surface area (Å²) in [7, 11) is -0.594. The molecule has 5 nitrogen and oxygen atoms in total. The number of nitrogens with one attached hydrogen (secondary N) is 1. The maximum atomic E-state index is 12.2. The number of carbonyl (C=O) groups excluding carboxylic acids is 1. The van der Waals surface area contributed by atoms with E-state index >= 15 is 0 Å². The molecule has 1 N–H and O–H groups in total. The lowest BCUT2D eigenvalue weighted by Crippen LogP contribution is -2.22. The zero-order valence-electron chi connectivity index (χ0n) is 13.0. The standard InChI is InChI=1S/C16H17ClN2O3S/c1-11-4-7-13(10-15(11)17)18-16(20)12-5-8-14(9-6-12)23(21,22)19(2)3/h4-10H,1-3H3,(H,18,20). The van der Waals surface area contributed by atoms with Gasteiger partial charge in [-0.05, 0) is 48.9 Å². The van der Waals surface area contributed by atoms with E-state index in [0.717, 1.165) is 9.87 Å². The van der Waals surface area contributed by atoms with Gasteiger partial charge in [0.2, 0.25) is 10.0 Å². The number of benzene rings is 2. The molecule has 2 rings (SSSR count). The maximum Gasteiger partial charge on any atom is 0.255 e. The van der Waals surface area contributed by atoms with Crippen molar-refractivity contribution in [3.63, 3.8) is 0 Å². The minimum Gasteiger partial charge on any atom is -0.322 e. The molecule has 2 aromatic carbocycles. The first-order valence-electron chi connectivity index (χ1n) is 6.82. The van der Waals surface area contributed by atoms with E-state index in [1.165, 1.54) is 38.4 Å². The van der Waals surface area contributed by atoms with Gasteiger partial charge in [-0.1, -0.05) is 17.7 Å². The molecule has 122 valence electrons. The third-order valence-corrected chi connectivity index (χ3v) is 5.56. The molecule has 7 heteroatoms. The second-order valence-electron chi connectivity index (χ2n) is 5.23. The molecule has 0 aliphatic carbocycles. The summed E-state index contributed by atoms with van der Waals surface area (Å²) in [5.41, 5.74) is 1.86. The Morgan fingerprint density at radius 1 is 1.09 bits per heavy atom. The Balaban J connectivity index is 2.19. The molecule has 0 spiro atoms. The van der Waals surface area contributed by atoms with Crippen molar-refractivity contribution >= 4 is 33.2 Å². The number of halogens is 1. The van der Waals surface area contributed by atoms with Gasteiger partial charge in [-0.25, -0.2) is 12.7 Å². The van der Waals surface area contributed by atoms with Crippen LogP contribution in [0.25, 0.3) is 0 Å². The minimum absolute atomic E-state index is 0.137. The highest BCUT2D eigenvalue weighted by Crippen LogP contribution is 2.21. The van der Waals surface area contributed by atoms with Crippen LogP contribution in [0.4, 0.5) is 5.69 Å². The third-order valence-electron chi connectivity index (χ3n) is 3.32. The van der Waals surface area contributed by atoms with E-state index in [-0.39, 0.29) is 10.8 Å². The minimum atomic E-state index is -3.50. The van der Waals surface area contributed by atoms with Crippen LogP contribution in [0, 0.1) is 6.92 Å². The summed E-state index contributed by atoms with van der Waals surface area (Å²) in [5.74, 6) is -0.335. The van der Waals surface area contributed by atoms with Crippen molar-refractivity contribution in [3.05, 3.63) is 58.6 Å². The van der Waals surface area contributed by atoms with Crippen LogP contribution in [0.1, 0.15) is 15.9 Å². The van der Waals surface area contributed by atoms with Crippen molar-refractivity contribution in [2.75, 3.05) is 19.4 Å². The quantitative estimate of drug-likeness (QED) is 0.919. The molecule has 0 fully saturated rings. The van der Waals surface area contributed by atoms with Crippen molar-refractivity contribution in [3.8, 4) is 0 Å². The molecule has 23 heavy (non-hydrogen) atoms. The predicted octanol–water partition coefficient (Wildman–Crippen LogP) is 3.15. The fraction of sp³-hybridized carbons (Fsp3) is 0.188. The van der Waals surface area contributed by atoms with Gasteiger partial charge in [0, 0.05) is 30.4 Å². The first kappa shape index (κ1) is 17.5. The van der Waals surface area contributed by atoms with Gasteiger partial charge in [0.25, 0.3) is 5.91 Å². The van der Waals surface area contributed by atoms with E-state index in [9.17, 15) is 13.2 Å². The lowest BCUT2D eigenvalue weighted by Gasteiger charge is -2.12. The Morgan fingerprint density at radius 3 is 2.22 bits per heavy atom. The molecular weight excluding hydrogens is 336 g/mol. The molecular formula is C16H17ClN2O3S. The van der Waals surface area contributed by atoms with E-state index in [1.807, 2.05) is 13.0 Å². The number of anilines is 1. The summed E-state index contributed by atoms with van der Waals surface area (Å²) in [6.45, 7) is 1.87. The van der Waals surface area contributed by atoms with E-state index in [2.05, 4.69) is 5.32 Å². The average molecular weight is 353 g/mol. The highest BCUT2D eigenvalue weighted by molar-refractivity contribution is 7.89. The van der Waals surface area contributed by atoms with Gasteiger partial charge >= 0.3 is 0 Å². The fourth-order valence-electron chi connectivity index (χ4n) is 1.86. The Kier molecular flexibility index (Phi) is 5.09. The van der Waals surface area contributed by atoms with Crippen molar-refractivity contribution in [1.29, 1.82) is 0 Å². The molecule has 0 heterocycles. The lowest BCUT2D eigenvalue weighted by molar-refractivity contribution is 0.102. The first-order valence-corrected chi connectivity index (χ1v) is 8.63. The number of amides is 1. The van der Waals surface area contributed by atoms with Crippen LogP contribution in [-0.4, -0.2) is 32.7 Å². The SMILES string of the molecule is Cc1ccc(NC(=O)c2ccc(S(=O)(=O)N(C)C)cc2)cc1Cl. The van der Waals surface area contributed by atoms with Crippen molar-refractivity contribution in [2.24, 2.45) is 0 Å². The molecule has 0 bridgehead atoms. The molecule has 0 saturated carbocycles. The molecule has 0 aliphatic heterocycles. The number of sulfonamides is 1. The second-order valence-corrected chi connectivity index (χ2v) is 7.79. The van der Waals surface area contributed by atoms with Gasteiger partial charge in [0.15, 0.2) is 0 Å². The molecule has 0 aromatic heterocycles. The Hall–Kier alpha value is -1.89. The monoisotopic (exact) mass is 352 g/mol. The Labute approximate surface area is 140 Å². The average Bonchev–Trinajstić information content (AvgIpc) is 2.51. The summed E-state index contributed by atoms with van der Waals surface area (Å²) in [5, 5.41) is 3.29. The zero-order valence-corrected chi connectivity index (χ0v) is 14.6. The normalized spacial score (nSPS) is 11.5. The van der Waals surface area contributed by atoms with Gasteiger partial charge in [0.05, 0.1) is 4.90 Å². The number of nitrogens with zero attached hydrogens (tertiary/aromatic N) is 1. The van der Waals surface area contributed by atoms with Gasteiger partial charge in [-0.15, -0.1) is 0 Å². The number of carbonyl (C=O) groups is 1. The molecule has 0 radical (unpaired) electrons. The van der Waals surface area contributed by atoms with Crippen molar-refractivity contribution < 1.29 is 13.2 Å². The van der Waals surface area contributed by atoms with Crippen LogP contribution < -0.4 is 5.32 Å². The maximum absolute atomic E-state index is 12.2. The summed E-state index contributed by atoms with van der Waals surface area (Å²) >= 11 is 6.02. The number of hydrogen-bond acceptors (Lipinski definition) is 3. The first-order chi connectivity index (χ1) is 10.7. The zero-order chi connectivity index (χ0) is 17.2. The van der Waals surface area contributed by atoms with E-state index in [4.69, 9.17) is 11.6 Å². The van der Waals surface area contributed by atoms with E-state index in [0.29, 0.717) is 16.3 Å². The summed E-state index contributed by atoms with van der Waals surface area (Å²) in [6.07, 6.45) is 0. The fourth-order valence-corrected chi connectivity index (χ4v) is 2.95. The van der Waals surface area contributed by atoms with Crippen LogP contribution in [0.3, 0.4) is 0 Å². The lowest BCUT2D eigenvalue weighted by atomic mass is 10.2. The van der Waals surface area contributed by atoms with E-state index < -0.39 is 10.0 Å². The van der Waals surface area contributed by atoms with Gasteiger partial charge in [0.1, 0.15) is 0 Å². The molecule has 1 amide bonds. The molecule has 2 aromatic rings. The molecule has 0 saturated heterocycles. The third kappa shape index (κ3) is 3.90. The van der Waals surface area contributed by atoms with Crippen LogP contribution in [0.15, 0.2) is 47.4 Å². The topological polar surface area (TPSA) is 66.5 Å². The highest BCUT2D eigenvalue weighted by atomic mass is 35.5. The largest absolute Gasteiger partial charge is 0.322 e. The summed E-state index contributed by atoms with van der Waals surface area (Å²) in [4.78, 5) is 12.3. The van der Waals surface area contributed by atoms with Gasteiger partial charge in [-0.2, -0.15) is 0 Å². The van der Waals surface area contributed by atoms with Crippen molar-refractivity contribution in [1.82, 2.24) is 4.31 Å². The van der Waals surface area contributed by atoms with Gasteiger partial charge < -0.3 is 5.32 Å². The predicted molar refractivity (Wildman–Crippen MR) is 91.5 cm³/mol. The van der Waals surface area contributed by atoms with Crippen LogP contribution in [-0.2, 0) is 10.0 Å². The Bertz CT molecular complexity index is 831. The van der Waals surface area contributed by atoms with Gasteiger partial charge in [-0.3, -0.25) is 4.79 Å². The van der Waals surface area contributed by atoms with Crippen molar-refractivity contribution in [2.45, 2.75) is 11.8 Å². The highest BCUT2D eigenvalue weighted by Gasteiger charge is 2.17. The molecule has 0 aliphatic rings. The van der Waals surface area contributed by atoms with E-state index in [1.54, 1.807) is 12.1 Å². The number of aryl methyl sites for hydroxylation is 1. The van der Waals surface area contributed by atoms with Crippen LogP contribution >= 0.6 is 11.6 Å². The number of hydrogen-bond donors (Lipinski definition) is 1. The number of rotatable bonds is 4. The van der Waals surface area contributed by atoms with Crippen LogP contribution in [0.5, 0.6) is 0 Å².